The average molecular weight is 181 g/mol. The first-order chi connectivity index (χ1) is 5.71. The van der Waals surface area contributed by atoms with Gasteiger partial charge in [-0.15, -0.1) is 0 Å². The Morgan fingerprint density at radius 2 is 1.00 bits per heavy atom. The summed E-state index contributed by atoms with van der Waals surface area (Å²) in [6.07, 6.45) is 4.26. The summed E-state index contributed by atoms with van der Waals surface area (Å²) in [6.45, 7) is 15.4. The van der Waals surface area contributed by atoms with Gasteiger partial charge in [0.25, 0.3) is 0 Å². The van der Waals surface area contributed by atoms with E-state index >= 15 is 0 Å². The minimum Gasteiger partial charge on any atom is -0.348 e. The van der Waals surface area contributed by atoms with E-state index in [4.69, 9.17) is 0 Å². The standard InChI is InChI=1S/C11H21N2/c1-10(2,3)12-7-8-13(9-12)11(4,5)6/h7-9H,1-6H3. The maximum atomic E-state index is 2.23. The lowest BCUT2D eigenvalue weighted by Crippen LogP contribution is -2.40. The molecule has 13 heavy (non-hydrogen) atoms. The van der Waals surface area contributed by atoms with Gasteiger partial charge in [0.05, 0.1) is 0 Å². The second-order valence-corrected chi connectivity index (χ2v) is 5.57. The van der Waals surface area contributed by atoms with Crippen LogP contribution >= 0.6 is 0 Å². The summed E-state index contributed by atoms with van der Waals surface area (Å²) in [4.78, 5) is 4.47. The van der Waals surface area contributed by atoms with Crippen molar-refractivity contribution in [2.75, 3.05) is 0 Å². The molecule has 1 rings (SSSR count). The van der Waals surface area contributed by atoms with Gasteiger partial charge < -0.3 is 9.80 Å². The lowest BCUT2D eigenvalue weighted by molar-refractivity contribution is 0.166. The fraction of sp³-hybridized carbons (Fsp3) is 0.727. The van der Waals surface area contributed by atoms with Crippen LogP contribution in [0.4, 0.5) is 0 Å². The minimum absolute atomic E-state index is 0.177. The Labute approximate surface area is 82.2 Å². The van der Waals surface area contributed by atoms with Gasteiger partial charge in [0, 0.05) is 23.5 Å². The van der Waals surface area contributed by atoms with Crippen molar-refractivity contribution in [3.63, 3.8) is 0 Å². The zero-order valence-corrected chi connectivity index (χ0v) is 9.63. The third kappa shape index (κ3) is 2.39. The molecule has 1 radical (unpaired) electrons. The first-order valence-electron chi connectivity index (χ1n) is 4.81. The van der Waals surface area contributed by atoms with Crippen molar-refractivity contribution >= 4 is 0 Å². The summed E-state index contributed by atoms with van der Waals surface area (Å²) in [5, 5.41) is 0. The molecular weight excluding hydrogens is 160 g/mol. The molecule has 0 amide bonds. The van der Waals surface area contributed by atoms with Crippen LogP contribution in [0.15, 0.2) is 12.4 Å². The number of hydrogen-bond donors (Lipinski definition) is 0. The van der Waals surface area contributed by atoms with Crippen molar-refractivity contribution in [2.24, 2.45) is 0 Å². The zero-order chi connectivity index (χ0) is 10.3. The van der Waals surface area contributed by atoms with E-state index in [9.17, 15) is 0 Å². The fourth-order valence-electron chi connectivity index (χ4n) is 1.15. The van der Waals surface area contributed by atoms with Crippen LogP contribution in [0.5, 0.6) is 0 Å². The first-order valence-corrected chi connectivity index (χ1v) is 4.81. The smallest absolute Gasteiger partial charge is 0.142 e. The topological polar surface area (TPSA) is 6.48 Å². The van der Waals surface area contributed by atoms with E-state index in [1.165, 1.54) is 0 Å². The number of hydrogen-bond acceptors (Lipinski definition) is 2. The summed E-state index contributed by atoms with van der Waals surface area (Å²) in [5.41, 5.74) is 0.354. The Bertz CT molecular complexity index is 183. The van der Waals surface area contributed by atoms with Crippen LogP contribution in [0, 0.1) is 6.67 Å². The van der Waals surface area contributed by atoms with Crippen LogP contribution in [0.25, 0.3) is 0 Å². The van der Waals surface area contributed by atoms with E-state index in [1.807, 2.05) is 0 Å². The molecule has 0 N–H and O–H groups in total. The molecule has 0 bridgehead atoms. The summed E-state index contributed by atoms with van der Waals surface area (Å²) in [5.74, 6) is 0. The summed E-state index contributed by atoms with van der Waals surface area (Å²) < 4.78 is 0. The van der Waals surface area contributed by atoms with Crippen LogP contribution in [0.2, 0.25) is 0 Å². The van der Waals surface area contributed by atoms with Gasteiger partial charge in [-0.3, -0.25) is 0 Å². The Kier molecular flexibility index (Phi) is 2.35. The lowest BCUT2D eigenvalue weighted by atomic mass is 10.1. The summed E-state index contributed by atoms with van der Waals surface area (Å²) >= 11 is 0. The third-order valence-corrected chi connectivity index (χ3v) is 2.19. The molecule has 2 heteroatoms. The van der Waals surface area contributed by atoms with E-state index < -0.39 is 0 Å². The highest BCUT2D eigenvalue weighted by Gasteiger charge is 2.29. The van der Waals surface area contributed by atoms with Crippen molar-refractivity contribution in [3.8, 4) is 0 Å². The molecule has 0 fully saturated rings. The van der Waals surface area contributed by atoms with Gasteiger partial charge in [-0.25, -0.2) is 0 Å². The highest BCUT2D eigenvalue weighted by molar-refractivity contribution is 5.05. The lowest BCUT2D eigenvalue weighted by Gasteiger charge is -2.37. The second-order valence-electron chi connectivity index (χ2n) is 5.57. The van der Waals surface area contributed by atoms with Gasteiger partial charge >= 0.3 is 0 Å². The van der Waals surface area contributed by atoms with Crippen molar-refractivity contribution in [1.29, 1.82) is 0 Å². The van der Waals surface area contributed by atoms with Crippen LogP contribution in [0.3, 0.4) is 0 Å². The van der Waals surface area contributed by atoms with Gasteiger partial charge in [-0.2, -0.15) is 0 Å². The molecule has 0 aromatic carbocycles. The normalized spacial score (nSPS) is 18.6. The Balaban J connectivity index is 2.63. The van der Waals surface area contributed by atoms with E-state index in [0.29, 0.717) is 0 Å². The van der Waals surface area contributed by atoms with Crippen LogP contribution in [-0.4, -0.2) is 20.9 Å². The molecule has 0 atom stereocenters. The largest absolute Gasteiger partial charge is 0.348 e. The number of nitrogens with zero attached hydrogens (tertiary/aromatic N) is 2. The zero-order valence-electron chi connectivity index (χ0n) is 9.63. The molecule has 1 aliphatic heterocycles. The average Bonchev–Trinajstić information content (AvgIpc) is 2.28. The van der Waals surface area contributed by atoms with Crippen LogP contribution in [-0.2, 0) is 0 Å². The van der Waals surface area contributed by atoms with Gasteiger partial charge in [-0.05, 0) is 41.5 Å². The predicted molar refractivity (Wildman–Crippen MR) is 56.6 cm³/mol. The van der Waals surface area contributed by atoms with Gasteiger partial charge in [-0.1, -0.05) is 0 Å². The van der Waals surface area contributed by atoms with E-state index in [0.717, 1.165) is 0 Å². The minimum atomic E-state index is 0.177. The molecule has 0 spiro atoms. The molecule has 1 heterocycles. The molecule has 1 aliphatic rings. The van der Waals surface area contributed by atoms with Crippen molar-refractivity contribution in [1.82, 2.24) is 9.80 Å². The SMILES string of the molecule is CC(C)(C)N1[CH]N(C(C)(C)C)C=C1. The predicted octanol–water partition coefficient (Wildman–Crippen LogP) is 2.79. The van der Waals surface area contributed by atoms with Crippen LogP contribution in [0.1, 0.15) is 41.5 Å². The maximum absolute atomic E-state index is 2.23. The van der Waals surface area contributed by atoms with E-state index in [-0.39, 0.29) is 11.1 Å². The van der Waals surface area contributed by atoms with Gasteiger partial charge in [0.15, 0.2) is 0 Å². The summed E-state index contributed by atoms with van der Waals surface area (Å²) in [7, 11) is 0. The molecule has 0 aromatic rings. The van der Waals surface area contributed by atoms with Crippen molar-refractivity contribution in [2.45, 2.75) is 52.6 Å². The Morgan fingerprint density at radius 1 is 0.692 bits per heavy atom. The van der Waals surface area contributed by atoms with Crippen LogP contribution < -0.4 is 0 Å². The highest BCUT2D eigenvalue weighted by Crippen LogP contribution is 2.27. The molecular formula is C11H21N2. The highest BCUT2D eigenvalue weighted by atomic mass is 15.4. The second kappa shape index (κ2) is 2.93. The van der Waals surface area contributed by atoms with Gasteiger partial charge in [0.2, 0.25) is 0 Å². The first kappa shape index (κ1) is 10.4. The molecule has 2 nitrogen and oxygen atoms in total. The Morgan fingerprint density at radius 3 is 1.15 bits per heavy atom. The summed E-state index contributed by atoms with van der Waals surface area (Å²) in [6, 6.07) is 0. The Hall–Kier alpha value is -0.660. The number of rotatable bonds is 0. The van der Waals surface area contributed by atoms with Gasteiger partial charge in [0.1, 0.15) is 6.67 Å². The molecule has 0 unspecified atom stereocenters. The third-order valence-electron chi connectivity index (χ3n) is 2.19. The molecule has 0 aliphatic carbocycles. The molecule has 0 saturated heterocycles. The molecule has 75 valence electrons. The molecule has 0 aromatic heterocycles. The van der Waals surface area contributed by atoms with Crippen molar-refractivity contribution in [3.05, 3.63) is 19.1 Å². The fourth-order valence-corrected chi connectivity index (χ4v) is 1.15. The monoisotopic (exact) mass is 181 g/mol. The maximum Gasteiger partial charge on any atom is 0.142 e. The quantitative estimate of drug-likeness (QED) is 0.567. The van der Waals surface area contributed by atoms with E-state index in [2.05, 4.69) is 70.4 Å². The van der Waals surface area contributed by atoms with Crippen molar-refractivity contribution < 1.29 is 0 Å². The van der Waals surface area contributed by atoms with E-state index in [1.54, 1.807) is 0 Å². The molecule has 0 saturated carbocycles.